The standard InChI is InChI=1S/C26H42N4O9/c1-4-20(16-31)39-23(36-3)17-38-26(35)29-13-11-22(32)30-18(2)25(34)37-14-8-12-28-24(33)21(27)15-19-9-6-5-7-10-19/h5-7,9-10,18,20-21,23,31H,4,8,11-17,27H2,1-3H3,(H,28,33)(H,29,35)(H,30,32)/t18-,20?,21-,23?/m0/s1. The van der Waals surface area contributed by atoms with E-state index < -0.39 is 42.4 Å². The van der Waals surface area contributed by atoms with E-state index in [1.165, 1.54) is 14.0 Å². The number of esters is 1. The zero-order valence-electron chi connectivity index (χ0n) is 22.9. The molecule has 4 atom stereocenters. The number of alkyl carbamates (subject to hydrolysis) is 1. The molecule has 0 heterocycles. The minimum atomic E-state index is -0.893. The SMILES string of the molecule is CCC(CO)OC(COC(=O)NCCC(=O)N[C@@H](C)C(=O)OCCCNC(=O)[C@@H](N)Cc1ccccc1)OC. The van der Waals surface area contributed by atoms with Gasteiger partial charge >= 0.3 is 12.1 Å². The lowest BCUT2D eigenvalue weighted by Crippen LogP contribution is -2.43. The van der Waals surface area contributed by atoms with Gasteiger partial charge in [0.25, 0.3) is 0 Å². The average Bonchev–Trinajstić information content (AvgIpc) is 2.93. The molecule has 1 aromatic carbocycles. The Bertz CT molecular complexity index is 868. The van der Waals surface area contributed by atoms with E-state index in [-0.39, 0.29) is 45.2 Å². The quantitative estimate of drug-likeness (QED) is 0.0884. The maximum absolute atomic E-state index is 12.1. The number of aliphatic hydroxyl groups excluding tert-OH is 1. The zero-order valence-corrected chi connectivity index (χ0v) is 22.9. The Balaban J connectivity index is 2.15. The molecule has 1 aromatic rings. The first-order valence-electron chi connectivity index (χ1n) is 12.9. The van der Waals surface area contributed by atoms with E-state index in [9.17, 15) is 19.2 Å². The highest BCUT2D eigenvalue weighted by Crippen LogP contribution is 2.04. The summed E-state index contributed by atoms with van der Waals surface area (Å²) in [5, 5.41) is 16.8. The number of nitrogens with two attached hydrogens (primary N) is 1. The van der Waals surface area contributed by atoms with Gasteiger partial charge in [0, 0.05) is 26.6 Å². The van der Waals surface area contributed by atoms with Crippen molar-refractivity contribution < 1.29 is 43.2 Å². The van der Waals surface area contributed by atoms with Crippen molar-refractivity contribution in [1.82, 2.24) is 16.0 Å². The smallest absolute Gasteiger partial charge is 0.407 e. The molecule has 0 radical (unpaired) electrons. The number of benzene rings is 1. The molecular formula is C26H42N4O9. The van der Waals surface area contributed by atoms with Gasteiger partial charge in [0.2, 0.25) is 11.8 Å². The maximum atomic E-state index is 12.1. The lowest BCUT2D eigenvalue weighted by Gasteiger charge is -2.21. The van der Waals surface area contributed by atoms with Gasteiger partial charge in [-0.1, -0.05) is 37.3 Å². The summed E-state index contributed by atoms with van der Waals surface area (Å²) in [6, 6.07) is 7.87. The average molecular weight is 555 g/mol. The summed E-state index contributed by atoms with van der Waals surface area (Å²) in [4.78, 5) is 48.0. The number of aliphatic hydroxyl groups is 1. The molecule has 1 rings (SSSR count). The Kier molecular flexibility index (Phi) is 17.1. The van der Waals surface area contributed by atoms with E-state index in [0.717, 1.165) is 5.56 Å². The van der Waals surface area contributed by atoms with E-state index in [4.69, 9.17) is 29.8 Å². The van der Waals surface area contributed by atoms with Crippen molar-refractivity contribution in [3.63, 3.8) is 0 Å². The second kappa shape index (κ2) is 19.8. The number of ether oxygens (including phenoxy) is 4. The molecule has 0 fully saturated rings. The molecule has 0 saturated heterocycles. The van der Waals surface area contributed by atoms with Crippen LogP contribution in [-0.4, -0.2) is 93.5 Å². The first kappa shape index (κ1) is 33.8. The third-order valence-corrected chi connectivity index (χ3v) is 5.47. The summed E-state index contributed by atoms with van der Waals surface area (Å²) in [5.74, 6) is -1.38. The highest BCUT2D eigenvalue weighted by atomic mass is 16.7. The molecule has 0 bridgehead atoms. The molecule has 13 nitrogen and oxygen atoms in total. The number of hydrogen-bond donors (Lipinski definition) is 5. The van der Waals surface area contributed by atoms with Gasteiger partial charge in [-0.25, -0.2) is 9.59 Å². The van der Waals surface area contributed by atoms with Crippen LogP contribution in [-0.2, 0) is 39.8 Å². The molecule has 3 amide bonds. The Labute approximate surface area is 229 Å². The minimum Gasteiger partial charge on any atom is -0.464 e. The Morgan fingerprint density at radius 1 is 1.05 bits per heavy atom. The van der Waals surface area contributed by atoms with Crippen molar-refractivity contribution in [3.8, 4) is 0 Å². The van der Waals surface area contributed by atoms with Crippen LogP contribution < -0.4 is 21.7 Å². The molecule has 0 saturated carbocycles. The predicted molar refractivity (Wildman–Crippen MR) is 141 cm³/mol. The third kappa shape index (κ3) is 15.1. The fourth-order valence-electron chi connectivity index (χ4n) is 3.16. The van der Waals surface area contributed by atoms with Crippen molar-refractivity contribution in [1.29, 1.82) is 0 Å². The second-order valence-corrected chi connectivity index (χ2v) is 8.69. The Morgan fingerprint density at radius 3 is 2.41 bits per heavy atom. The molecule has 2 unspecified atom stereocenters. The second-order valence-electron chi connectivity index (χ2n) is 8.69. The number of rotatable bonds is 19. The van der Waals surface area contributed by atoms with Crippen LogP contribution in [0, 0.1) is 0 Å². The molecule has 13 heteroatoms. The molecule has 0 aliphatic heterocycles. The third-order valence-electron chi connectivity index (χ3n) is 5.47. The van der Waals surface area contributed by atoms with Crippen LogP contribution in [0.1, 0.15) is 38.7 Å². The van der Waals surface area contributed by atoms with Crippen LogP contribution in [0.5, 0.6) is 0 Å². The molecule has 0 aliphatic rings. The highest BCUT2D eigenvalue weighted by Gasteiger charge is 2.19. The lowest BCUT2D eigenvalue weighted by atomic mass is 10.1. The molecule has 0 aromatic heterocycles. The van der Waals surface area contributed by atoms with Crippen molar-refractivity contribution >= 4 is 23.9 Å². The molecular weight excluding hydrogens is 512 g/mol. The van der Waals surface area contributed by atoms with Gasteiger partial charge in [-0.05, 0) is 31.7 Å². The van der Waals surface area contributed by atoms with E-state index >= 15 is 0 Å². The van der Waals surface area contributed by atoms with Crippen LogP contribution in [0.3, 0.4) is 0 Å². The topological polar surface area (TPSA) is 188 Å². The normalized spacial score (nSPS) is 13.9. The summed E-state index contributed by atoms with van der Waals surface area (Å²) in [6.07, 6.45) is -0.766. The zero-order chi connectivity index (χ0) is 29.0. The molecule has 220 valence electrons. The van der Waals surface area contributed by atoms with Gasteiger partial charge in [0.15, 0.2) is 6.29 Å². The molecule has 6 N–H and O–H groups in total. The van der Waals surface area contributed by atoms with Crippen LogP contribution in [0.2, 0.25) is 0 Å². The predicted octanol–water partition coefficient (Wildman–Crippen LogP) is -0.0131. The van der Waals surface area contributed by atoms with E-state index in [0.29, 0.717) is 19.3 Å². The van der Waals surface area contributed by atoms with Crippen LogP contribution >= 0.6 is 0 Å². The van der Waals surface area contributed by atoms with E-state index in [1.807, 2.05) is 37.3 Å². The number of nitrogens with one attached hydrogen (secondary N) is 3. The van der Waals surface area contributed by atoms with E-state index in [1.54, 1.807) is 0 Å². The van der Waals surface area contributed by atoms with Gasteiger partial charge in [-0.3, -0.25) is 9.59 Å². The van der Waals surface area contributed by atoms with Crippen molar-refractivity contribution in [2.75, 3.05) is 40.0 Å². The van der Waals surface area contributed by atoms with Gasteiger partial charge in [0.1, 0.15) is 12.6 Å². The fourth-order valence-corrected chi connectivity index (χ4v) is 3.16. The highest BCUT2D eigenvalue weighted by molar-refractivity contribution is 5.84. The van der Waals surface area contributed by atoms with Gasteiger partial charge in [0.05, 0.1) is 25.4 Å². The summed E-state index contributed by atoms with van der Waals surface area (Å²) in [5.41, 5.74) is 6.89. The minimum absolute atomic E-state index is 0.0225. The first-order chi connectivity index (χ1) is 18.7. The molecule has 0 spiro atoms. The molecule has 0 aliphatic carbocycles. The van der Waals surface area contributed by atoms with Gasteiger partial charge in [-0.15, -0.1) is 0 Å². The summed E-state index contributed by atoms with van der Waals surface area (Å²) in [6.45, 7) is 3.25. The first-order valence-corrected chi connectivity index (χ1v) is 12.9. The van der Waals surface area contributed by atoms with Gasteiger partial charge < -0.3 is 45.7 Å². The summed E-state index contributed by atoms with van der Waals surface area (Å²) in [7, 11) is 1.38. The molecule has 39 heavy (non-hydrogen) atoms. The van der Waals surface area contributed by atoms with Crippen molar-refractivity contribution in [2.45, 2.75) is 64.0 Å². The van der Waals surface area contributed by atoms with Crippen LogP contribution in [0.15, 0.2) is 30.3 Å². The number of carbonyl (C=O) groups is 4. The van der Waals surface area contributed by atoms with Crippen LogP contribution in [0.25, 0.3) is 0 Å². The Hall–Kier alpha value is -3.26. The summed E-state index contributed by atoms with van der Waals surface area (Å²) >= 11 is 0. The van der Waals surface area contributed by atoms with Crippen molar-refractivity contribution in [2.24, 2.45) is 5.73 Å². The van der Waals surface area contributed by atoms with E-state index in [2.05, 4.69) is 16.0 Å². The number of hydrogen-bond acceptors (Lipinski definition) is 10. The number of amides is 3. The Morgan fingerprint density at radius 2 is 1.77 bits per heavy atom. The van der Waals surface area contributed by atoms with Crippen LogP contribution in [0.4, 0.5) is 4.79 Å². The largest absolute Gasteiger partial charge is 0.464 e. The number of carbonyl (C=O) groups excluding carboxylic acids is 4. The number of methoxy groups -OCH3 is 1. The van der Waals surface area contributed by atoms with Crippen molar-refractivity contribution in [3.05, 3.63) is 35.9 Å². The fraction of sp³-hybridized carbons (Fsp3) is 0.615. The lowest BCUT2D eigenvalue weighted by molar-refractivity contribution is -0.181. The maximum Gasteiger partial charge on any atom is 0.407 e. The summed E-state index contributed by atoms with van der Waals surface area (Å²) < 4.78 is 20.6. The van der Waals surface area contributed by atoms with Gasteiger partial charge in [-0.2, -0.15) is 0 Å². The monoisotopic (exact) mass is 554 g/mol.